The topological polar surface area (TPSA) is 72.3 Å². The zero-order valence-corrected chi connectivity index (χ0v) is 8.67. The summed E-state index contributed by atoms with van der Waals surface area (Å²) in [6.07, 6.45) is 1.79. The molecule has 1 aromatic rings. The molecule has 0 aliphatic carbocycles. The molecular formula is C8H10N2O3S. The average Bonchev–Trinajstić information content (AvgIpc) is 2.17. The Morgan fingerprint density at radius 3 is 2.86 bits per heavy atom. The van der Waals surface area contributed by atoms with Crippen molar-refractivity contribution < 1.29 is 14.6 Å². The summed E-state index contributed by atoms with van der Waals surface area (Å²) in [5.41, 5.74) is 0.570. The zero-order valence-electron chi connectivity index (χ0n) is 7.85. The highest BCUT2D eigenvalue weighted by Crippen LogP contribution is 2.11. The lowest BCUT2D eigenvalue weighted by Crippen LogP contribution is -2.05. The van der Waals surface area contributed by atoms with Gasteiger partial charge in [0.1, 0.15) is 0 Å². The van der Waals surface area contributed by atoms with Gasteiger partial charge in [0.05, 0.1) is 12.3 Å². The van der Waals surface area contributed by atoms with Gasteiger partial charge in [0, 0.05) is 7.11 Å². The standard InChI is InChI=1S/C8H10N2O3S/c1-13-4-5-3-6(7(11)12)10-8(9-5)14-2/h3H,4H2,1-2H3,(H,11,12). The molecule has 0 amide bonds. The number of methoxy groups -OCH3 is 1. The van der Waals surface area contributed by atoms with Crippen LogP contribution in [0, 0.1) is 0 Å². The minimum Gasteiger partial charge on any atom is -0.477 e. The largest absolute Gasteiger partial charge is 0.477 e. The normalized spacial score (nSPS) is 10.1. The SMILES string of the molecule is COCc1cc(C(=O)O)nc(SC)n1. The maximum Gasteiger partial charge on any atom is 0.354 e. The van der Waals surface area contributed by atoms with E-state index in [0.29, 0.717) is 10.9 Å². The summed E-state index contributed by atoms with van der Waals surface area (Å²) < 4.78 is 4.87. The molecule has 0 fully saturated rings. The Balaban J connectivity index is 3.06. The van der Waals surface area contributed by atoms with Crippen LogP contribution in [0.25, 0.3) is 0 Å². The third-order valence-electron chi connectivity index (χ3n) is 1.45. The highest BCUT2D eigenvalue weighted by Gasteiger charge is 2.09. The highest BCUT2D eigenvalue weighted by atomic mass is 32.2. The van der Waals surface area contributed by atoms with Crippen molar-refractivity contribution in [2.24, 2.45) is 0 Å². The minimum absolute atomic E-state index is 0.00333. The number of carbonyl (C=O) groups is 1. The molecule has 1 heterocycles. The molecular weight excluding hydrogens is 204 g/mol. The summed E-state index contributed by atoms with van der Waals surface area (Å²) in [5.74, 6) is -1.06. The molecule has 0 saturated heterocycles. The molecule has 1 aromatic heterocycles. The van der Waals surface area contributed by atoms with Crippen LogP contribution in [0.15, 0.2) is 11.2 Å². The zero-order chi connectivity index (χ0) is 10.6. The van der Waals surface area contributed by atoms with Gasteiger partial charge < -0.3 is 9.84 Å². The summed E-state index contributed by atoms with van der Waals surface area (Å²) in [5, 5.41) is 9.20. The average molecular weight is 214 g/mol. The molecule has 0 unspecified atom stereocenters. The number of thioether (sulfide) groups is 1. The van der Waals surface area contributed by atoms with Gasteiger partial charge in [-0.05, 0) is 12.3 Å². The molecule has 1 rings (SSSR count). The lowest BCUT2D eigenvalue weighted by molar-refractivity contribution is 0.0688. The first kappa shape index (κ1) is 10.9. The Labute approximate surface area is 85.5 Å². The molecule has 0 spiro atoms. The summed E-state index contributed by atoms with van der Waals surface area (Å²) in [7, 11) is 1.53. The van der Waals surface area contributed by atoms with Crippen LogP contribution in [-0.4, -0.2) is 34.4 Å². The monoisotopic (exact) mass is 214 g/mol. The number of hydrogen-bond acceptors (Lipinski definition) is 5. The molecule has 0 saturated carbocycles. The summed E-state index contributed by atoms with van der Waals surface area (Å²) in [6.45, 7) is 0.288. The van der Waals surface area contributed by atoms with Crippen molar-refractivity contribution in [3.05, 3.63) is 17.5 Å². The second kappa shape index (κ2) is 4.92. The van der Waals surface area contributed by atoms with E-state index < -0.39 is 5.97 Å². The van der Waals surface area contributed by atoms with E-state index in [-0.39, 0.29) is 12.3 Å². The second-order valence-corrected chi connectivity index (χ2v) is 3.24. The maximum atomic E-state index is 10.7. The van der Waals surface area contributed by atoms with E-state index in [0.717, 1.165) is 0 Å². The van der Waals surface area contributed by atoms with Crippen LogP contribution in [0.5, 0.6) is 0 Å². The Hall–Kier alpha value is -1.14. The first-order valence-corrected chi connectivity index (χ1v) is 5.04. The molecule has 6 heteroatoms. The van der Waals surface area contributed by atoms with E-state index in [9.17, 15) is 4.79 Å². The van der Waals surface area contributed by atoms with Crippen molar-refractivity contribution >= 4 is 17.7 Å². The Bertz CT molecular complexity index is 343. The number of nitrogens with zero attached hydrogens (tertiary/aromatic N) is 2. The summed E-state index contributed by atoms with van der Waals surface area (Å²) in [6, 6.07) is 1.41. The quantitative estimate of drug-likeness (QED) is 0.596. The van der Waals surface area contributed by atoms with E-state index in [2.05, 4.69) is 9.97 Å². The van der Waals surface area contributed by atoms with Crippen molar-refractivity contribution in [1.29, 1.82) is 0 Å². The van der Waals surface area contributed by atoms with Gasteiger partial charge in [0.15, 0.2) is 10.9 Å². The molecule has 5 nitrogen and oxygen atoms in total. The number of carboxylic acid groups (broad SMARTS) is 1. The molecule has 0 atom stereocenters. The smallest absolute Gasteiger partial charge is 0.354 e. The van der Waals surface area contributed by atoms with Crippen LogP contribution >= 0.6 is 11.8 Å². The van der Waals surface area contributed by atoms with Gasteiger partial charge in [-0.15, -0.1) is 0 Å². The fraction of sp³-hybridized carbons (Fsp3) is 0.375. The number of aromatic nitrogens is 2. The van der Waals surface area contributed by atoms with Crippen LogP contribution in [-0.2, 0) is 11.3 Å². The van der Waals surface area contributed by atoms with Gasteiger partial charge >= 0.3 is 5.97 Å². The molecule has 14 heavy (non-hydrogen) atoms. The number of aromatic carboxylic acids is 1. The van der Waals surface area contributed by atoms with Gasteiger partial charge in [0.25, 0.3) is 0 Å². The predicted octanol–water partition coefficient (Wildman–Crippen LogP) is 1.04. The Morgan fingerprint density at radius 2 is 2.36 bits per heavy atom. The molecule has 0 radical (unpaired) electrons. The van der Waals surface area contributed by atoms with Crippen LogP contribution in [0.1, 0.15) is 16.2 Å². The lowest BCUT2D eigenvalue weighted by atomic mass is 10.3. The van der Waals surface area contributed by atoms with Crippen LogP contribution in [0.2, 0.25) is 0 Å². The van der Waals surface area contributed by atoms with Gasteiger partial charge in [-0.25, -0.2) is 14.8 Å². The fourth-order valence-corrected chi connectivity index (χ4v) is 1.29. The van der Waals surface area contributed by atoms with Gasteiger partial charge in [-0.3, -0.25) is 0 Å². The number of hydrogen-bond donors (Lipinski definition) is 1. The molecule has 0 aromatic carbocycles. The third kappa shape index (κ3) is 2.68. The van der Waals surface area contributed by atoms with E-state index in [1.54, 1.807) is 6.26 Å². The Morgan fingerprint density at radius 1 is 1.64 bits per heavy atom. The predicted molar refractivity (Wildman–Crippen MR) is 51.5 cm³/mol. The summed E-state index contributed by atoms with van der Waals surface area (Å²) in [4.78, 5) is 18.6. The van der Waals surface area contributed by atoms with Gasteiger partial charge in [0.2, 0.25) is 0 Å². The van der Waals surface area contributed by atoms with Crippen molar-refractivity contribution in [1.82, 2.24) is 9.97 Å². The first-order valence-electron chi connectivity index (χ1n) is 3.81. The second-order valence-electron chi connectivity index (χ2n) is 2.47. The Kier molecular flexibility index (Phi) is 3.84. The highest BCUT2D eigenvalue weighted by molar-refractivity contribution is 7.98. The van der Waals surface area contributed by atoms with Crippen molar-refractivity contribution in [2.75, 3.05) is 13.4 Å². The minimum atomic E-state index is -1.06. The van der Waals surface area contributed by atoms with Crippen LogP contribution in [0.3, 0.4) is 0 Å². The van der Waals surface area contributed by atoms with Gasteiger partial charge in [-0.1, -0.05) is 11.8 Å². The molecule has 76 valence electrons. The molecule has 0 bridgehead atoms. The van der Waals surface area contributed by atoms with Gasteiger partial charge in [-0.2, -0.15) is 0 Å². The molecule has 1 N–H and O–H groups in total. The fourth-order valence-electron chi connectivity index (χ4n) is 0.896. The van der Waals surface area contributed by atoms with E-state index >= 15 is 0 Å². The molecule has 0 aliphatic heterocycles. The van der Waals surface area contributed by atoms with Crippen molar-refractivity contribution in [3.8, 4) is 0 Å². The first-order chi connectivity index (χ1) is 6.67. The number of ether oxygens (including phenoxy) is 1. The van der Waals surface area contributed by atoms with Crippen molar-refractivity contribution in [2.45, 2.75) is 11.8 Å². The maximum absolute atomic E-state index is 10.7. The summed E-state index contributed by atoms with van der Waals surface area (Å²) >= 11 is 1.30. The number of carboxylic acids is 1. The van der Waals surface area contributed by atoms with E-state index in [4.69, 9.17) is 9.84 Å². The third-order valence-corrected chi connectivity index (χ3v) is 2.00. The van der Waals surface area contributed by atoms with Crippen LogP contribution < -0.4 is 0 Å². The molecule has 0 aliphatic rings. The van der Waals surface area contributed by atoms with E-state index in [1.165, 1.54) is 24.9 Å². The lowest BCUT2D eigenvalue weighted by Gasteiger charge is -2.02. The number of rotatable bonds is 4. The van der Waals surface area contributed by atoms with Crippen LogP contribution in [0.4, 0.5) is 0 Å². The van der Waals surface area contributed by atoms with Crippen molar-refractivity contribution in [3.63, 3.8) is 0 Å². The van der Waals surface area contributed by atoms with E-state index in [1.807, 2.05) is 0 Å².